The van der Waals surface area contributed by atoms with Crippen LogP contribution in [0.1, 0.15) is 13.3 Å². The molecule has 0 aliphatic rings. The lowest BCUT2D eigenvalue weighted by Crippen LogP contribution is -2.46. The average molecular weight is 260 g/mol. The van der Waals surface area contributed by atoms with Crippen molar-refractivity contribution in [1.82, 2.24) is 10.6 Å². The van der Waals surface area contributed by atoms with E-state index < -0.39 is 18.0 Å². The van der Waals surface area contributed by atoms with Crippen molar-refractivity contribution in [3.05, 3.63) is 0 Å². The summed E-state index contributed by atoms with van der Waals surface area (Å²) in [7, 11) is 4.12. The molecule has 1 amide bonds. The highest BCUT2D eigenvalue weighted by Gasteiger charge is 2.26. The number of ether oxygens (including phenoxy) is 2. The Morgan fingerprint density at radius 1 is 1.17 bits per heavy atom. The van der Waals surface area contributed by atoms with E-state index >= 15 is 0 Å². The van der Waals surface area contributed by atoms with Crippen molar-refractivity contribution in [2.24, 2.45) is 5.92 Å². The molecular formula is C11H20N2O5. The van der Waals surface area contributed by atoms with Crippen LogP contribution in [0.5, 0.6) is 0 Å². The number of methoxy groups -OCH3 is 2. The van der Waals surface area contributed by atoms with Gasteiger partial charge in [-0.15, -0.1) is 0 Å². The molecule has 0 aromatic heterocycles. The molecule has 0 aliphatic heterocycles. The van der Waals surface area contributed by atoms with Gasteiger partial charge in [0.15, 0.2) is 0 Å². The van der Waals surface area contributed by atoms with E-state index in [9.17, 15) is 14.4 Å². The lowest BCUT2D eigenvalue weighted by atomic mass is 10.1. The van der Waals surface area contributed by atoms with Gasteiger partial charge in [-0.2, -0.15) is 0 Å². The summed E-state index contributed by atoms with van der Waals surface area (Å²) in [5.74, 6) is -1.92. The number of nitrogens with one attached hydrogen (secondary N) is 2. The van der Waals surface area contributed by atoms with E-state index in [1.165, 1.54) is 14.2 Å². The Morgan fingerprint density at radius 3 is 2.22 bits per heavy atom. The first kappa shape index (κ1) is 16.4. The van der Waals surface area contributed by atoms with Crippen molar-refractivity contribution in [3.63, 3.8) is 0 Å². The molecule has 0 spiro atoms. The molecule has 0 saturated carbocycles. The third kappa shape index (κ3) is 5.62. The van der Waals surface area contributed by atoms with Crippen molar-refractivity contribution >= 4 is 17.8 Å². The van der Waals surface area contributed by atoms with E-state index in [2.05, 4.69) is 20.1 Å². The molecule has 2 unspecified atom stereocenters. The van der Waals surface area contributed by atoms with Crippen LogP contribution in [0.25, 0.3) is 0 Å². The molecule has 0 bridgehead atoms. The zero-order valence-corrected chi connectivity index (χ0v) is 11.1. The fraction of sp³-hybridized carbons (Fsp3) is 0.727. The second-order valence-electron chi connectivity index (χ2n) is 3.82. The summed E-state index contributed by atoms with van der Waals surface area (Å²) >= 11 is 0. The van der Waals surface area contributed by atoms with Crippen LogP contribution in [0.3, 0.4) is 0 Å². The maximum absolute atomic E-state index is 11.7. The molecule has 0 aromatic rings. The normalized spacial score (nSPS) is 13.3. The van der Waals surface area contributed by atoms with Gasteiger partial charge in [-0.3, -0.25) is 9.59 Å². The van der Waals surface area contributed by atoms with Crippen LogP contribution in [0, 0.1) is 5.92 Å². The standard InChI is InChI=1S/C11H20N2O5/c1-7(6-12-2)10(15)13-8(11(16)18-4)5-9(14)17-3/h7-8,12H,5-6H2,1-4H3,(H,13,15). The number of amides is 1. The van der Waals surface area contributed by atoms with E-state index in [4.69, 9.17) is 0 Å². The highest BCUT2D eigenvalue weighted by molar-refractivity contribution is 5.88. The maximum Gasteiger partial charge on any atom is 0.328 e. The molecule has 0 saturated heterocycles. The van der Waals surface area contributed by atoms with Crippen molar-refractivity contribution in [2.45, 2.75) is 19.4 Å². The smallest absolute Gasteiger partial charge is 0.328 e. The van der Waals surface area contributed by atoms with Gasteiger partial charge in [0.1, 0.15) is 6.04 Å². The molecule has 2 atom stereocenters. The summed E-state index contributed by atoms with van der Waals surface area (Å²) in [6.45, 7) is 2.18. The van der Waals surface area contributed by atoms with Gasteiger partial charge in [0.05, 0.1) is 20.6 Å². The Kier molecular flexibility index (Phi) is 7.69. The van der Waals surface area contributed by atoms with Gasteiger partial charge in [-0.25, -0.2) is 4.79 Å². The van der Waals surface area contributed by atoms with Crippen molar-refractivity contribution in [2.75, 3.05) is 27.8 Å². The van der Waals surface area contributed by atoms with Gasteiger partial charge >= 0.3 is 11.9 Å². The number of hydrogen-bond acceptors (Lipinski definition) is 6. The number of hydrogen-bond donors (Lipinski definition) is 2. The molecule has 104 valence electrons. The molecule has 2 N–H and O–H groups in total. The Bertz CT molecular complexity index is 306. The van der Waals surface area contributed by atoms with Crippen molar-refractivity contribution in [1.29, 1.82) is 0 Å². The Labute approximate surface area is 106 Å². The third-order valence-electron chi connectivity index (χ3n) is 2.36. The Hall–Kier alpha value is -1.63. The predicted molar refractivity (Wildman–Crippen MR) is 63.7 cm³/mol. The molecular weight excluding hydrogens is 240 g/mol. The highest BCUT2D eigenvalue weighted by atomic mass is 16.5. The number of rotatable bonds is 7. The van der Waals surface area contributed by atoms with Gasteiger partial charge in [0, 0.05) is 12.5 Å². The first-order valence-corrected chi connectivity index (χ1v) is 5.55. The van der Waals surface area contributed by atoms with Gasteiger partial charge in [0.2, 0.25) is 5.91 Å². The first-order valence-electron chi connectivity index (χ1n) is 5.55. The third-order valence-corrected chi connectivity index (χ3v) is 2.36. The van der Waals surface area contributed by atoms with Gasteiger partial charge < -0.3 is 20.1 Å². The Morgan fingerprint density at radius 2 is 1.78 bits per heavy atom. The molecule has 0 aliphatic carbocycles. The second kappa shape index (κ2) is 8.46. The van der Waals surface area contributed by atoms with Gasteiger partial charge in [0.25, 0.3) is 0 Å². The van der Waals surface area contributed by atoms with Gasteiger partial charge in [-0.05, 0) is 7.05 Å². The minimum absolute atomic E-state index is 0.249. The summed E-state index contributed by atoms with van der Waals surface area (Å²) in [6, 6.07) is -1.02. The number of esters is 2. The molecule has 0 rings (SSSR count). The van der Waals surface area contributed by atoms with Crippen LogP contribution >= 0.6 is 0 Å². The first-order chi connectivity index (χ1) is 8.46. The molecule has 0 heterocycles. The molecule has 7 nitrogen and oxygen atoms in total. The van der Waals surface area contributed by atoms with E-state index in [0.717, 1.165) is 0 Å². The van der Waals surface area contributed by atoms with Crippen LogP contribution < -0.4 is 10.6 Å². The fourth-order valence-corrected chi connectivity index (χ4v) is 1.30. The average Bonchev–Trinajstić information content (AvgIpc) is 2.36. The maximum atomic E-state index is 11.7. The summed E-state index contributed by atoms with van der Waals surface area (Å²) in [6.07, 6.45) is -0.249. The zero-order valence-electron chi connectivity index (χ0n) is 11.1. The van der Waals surface area contributed by atoms with Crippen LogP contribution in [0.4, 0.5) is 0 Å². The van der Waals surface area contributed by atoms with Crippen LogP contribution in [-0.2, 0) is 23.9 Å². The van der Waals surface area contributed by atoms with Crippen LogP contribution in [-0.4, -0.2) is 51.7 Å². The van der Waals surface area contributed by atoms with Gasteiger partial charge in [-0.1, -0.05) is 6.92 Å². The quantitative estimate of drug-likeness (QED) is 0.574. The molecule has 0 aromatic carbocycles. The molecule has 0 fully saturated rings. The summed E-state index contributed by atoms with van der Waals surface area (Å²) in [5, 5.41) is 5.31. The number of carbonyl (C=O) groups excluding carboxylic acids is 3. The number of carbonyl (C=O) groups is 3. The van der Waals surface area contributed by atoms with E-state index in [1.54, 1.807) is 14.0 Å². The Balaban J connectivity index is 4.53. The summed E-state index contributed by atoms with van der Waals surface area (Å²) < 4.78 is 8.98. The topological polar surface area (TPSA) is 93.7 Å². The molecule has 18 heavy (non-hydrogen) atoms. The van der Waals surface area contributed by atoms with E-state index in [0.29, 0.717) is 6.54 Å². The minimum atomic E-state index is -1.02. The highest BCUT2D eigenvalue weighted by Crippen LogP contribution is 2.01. The SMILES string of the molecule is CNCC(C)C(=O)NC(CC(=O)OC)C(=O)OC. The molecule has 0 radical (unpaired) electrons. The lowest BCUT2D eigenvalue weighted by molar-refractivity contribution is -0.151. The van der Waals surface area contributed by atoms with Crippen molar-refractivity contribution < 1.29 is 23.9 Å². The van der Waals surface area contributed by atoms with Crippen LogP contribution in [0.15, 0.2) is 0 Å². The van der Waals surface area contributed by atoms with Crippen LogP contribution in [0.2, 0.25) is 0 Å². The summed E-state index contributed by atoms with van der Waals surface area (Å²) in [5.41, 5.74) is 0. The monoisotopic (exact) mass is 260 g/mol. The summed E-state index contributed by atoms with van der Waals surface area (Å²) in [4.78, 5) is 34.3. The zero-order chi connectivity index (χ0) is 14.1. The lowest BCUT2D eigenvalue weighted by Gasteiger charge is -2.18. The van der Waals surface area contributed by atoms with Crippen molar-refractivity contribution in [3.8, 4) is 0 Å². The van der Waals surface area contributed by atoms with E-state index in [-0.39, 0.29) is 18.2 Å². The molecule has 7 heteroatoms. The second-order valence-corrected chi connectivity index (χ2v) is 3.82. The largest absolute Gasteiger partial charge is 0.469 e. The fourth-order valence-electron chi connectivity index (χ4n) is 1.30. The predicted octanol–water partition coefficient (Wildman–Crippen LogP) is -0.937. The van der Waals surface area contributed by atoms with E-state index in [1.807, 2.05) is 0 Å². The minimum Gasteiger partial charge on any atom is -0.469 e.